The zero-order valence-electron chi connectivity index (χ0n) is 17.4. The number of aryl methyl sites for hydroxylation is 1. The van der Waals surface area contributed by atoms with Crippen LogP contribution in [0.2, 0.25) is 0 Å². The van der Waals surface area contributed by atoms with Crippen molar-refractivity contribution in [2.75, 3.05) is 0 Å². The highest BCUT2D eigenvalue weighted by atomic mass is 16.6. The predicted molar refractivity (Wildman–Crippen MR) is 105 cm³/mol. The Labute approximate surface area is 158 Å². The van der Waals surface area contributed by atoms with Gasteiger partial charge in [0, 0.05) is 0 Å². The largest absolute Gasteiger partial charge is 0.456 e. The molecule has 1 rings (SSSR count). The Morgan fingerprint density at radius 3 is 1.81 bits per heavy atom. The maximum Gasteiger partial charge on any atom is 0.339 e. The number of carbonyl (C=O) groups excluding carboxylic acids is 2. The maximum absolute atomic E-state index is 12.9. The molecule has 0 fully saturated rings. The smallest absolute Gasteiger partial charge is 0.339 e. The number of ether oxygens (including phenoxy) is 2. The molecule has 0 aliphatic heterocycles. The second kappa shape index (κ2) is 9.20. The third kappa shape index (κ3) is 6.15. The Bertz CT molecular complexity index is 629. The summed E-state index contributed by atoms with van der Waals surface area (Å²) in [7, 11) is 0. The van der Waals surface area contributed by atoms with Gasteiger partial charge in [0.15, 0.2) is 0 Å². The van der Waals surface area contributed by atoms with E-state index in [9.17, 15) is 9.59 Å². The van der Waals surface area contributed by atoms with Crippen LogP contribution in [0.15, 0.2) is 18.2 Å². The van der Waals surface area contributed by atoms with Crippen molar-refractivity contribution in [3.05, 3.63) is 34.9 Å². The van der Waals surface area contributed by atoms with Crippen molar-refractivity contribution in [2.24, 2.45) is 0 Å². The first-order chi connectivity index (χ1) is 12.1. The van der Waals surface area contributed by atoms with Gasteiger partial charge in [-0.15, -0.1) is 0 Å². The van der Waals surface area contributed by atoms with Gasteiger partial charge in [0.2, 0.25) is 0 Å². The molecule has 0 saturated heterocycles. The molecule has 0 bridgehead atoms. The van der Waals surface area contributed by atoms with E-state index in [0.717, 1.165) is 31.2 Å². The second-order valence-corrected chi connectivity index (χ2v) is 7.99. The molecule has 4 heteroatoms. The summed E-state index contributed by atoms with van der Waals surface area (Å²) in [6.45, 7) is 13.6. The highest BCUT2D eigenvalue weighted by Crippen LogP contribution is 2.26. The van der Waals surface area contributed by atoms with Crippen LogP contribution in [0.3, 0.4) is 0 Å². The lowest BCUT2D eigenvalue weighted by Gasteiger charge is -2.27. The summed E-state index contributed by atoms with van der Waals surface area (Å²) in [4.78, 5) is 25.7. The first-order valence-electron chi connectivity index (χ1n) is 9.65. The number of benzene rings is 1. The molecule has 0 spiro atoms. The van der Waals surface area contributed by atoms with E-state index in [1.54, 1.807) is 12.1 Å². The molecule has 4 nitrogen and oxygen atoms in total. The van der Waals surface area contributed by atoms with E-state index < -0.39 is 23.1 Å². The van der Waals surface area contributed by atoms with Gasteiger partial charge in [0.25, 0.3) is 0 Å². The standard InChI is InChI=1S/C22H34O4/c1-8-14-21(4,5)25-19(23)17-13-11-12-16(10-3)18(17)20(24)26-22(6,7)15-9-2/h11-13H,8-10,14-15H2,1-7H3. The van der Waals surface area contributed by atoms with Gasteiger partial charge in [0.05, 0.1) is 11.1 Å². The Kier molecular flexibility index (Phi) is 7.86. The summed E-state index contributed by atoms with van der Waals surface area (Å²) >= 11 is 0. The van der Waals surface area contributed by atoms with Crippen molar-refractivity contribution < 1.29 is 19.1 Å². The van der Waals surface area contributed by atoms with Gasteiger partial charge in [-0.05, 0) is 58.6 Å². The van der Waals surface area contributed by atoms with E-state index in [1.165, 1.54) is 0 Å². The van der Waals surface area contributed by atoms with Gasteiger partial charge in [-0.1, -0.05) is 45.7 Å². The summed E-state index contributed by atoms with van der Waals surface area (Å²) in [6.07, 6.45) is 3.98. The summed E-state index contributed by atoms with van der Waals surface area (Å²) in [5.74, 6) is -0.930. The normalized spacial score (nSPS) is 12.0. The van der Waals surface area contributed by atoms with Crippen LogP contribution in [0.1, 0.15) is 100 Å². The first-order valence-corrected chi connectivity index (χ1v) is 9.65. The number of hydrogen-bond acceptors (Lipinski definition) is 4. The Morgan fingerprint density at radius 2 is 1.35 bits per heavy atom. The number of hydrogen-bond donors (Lipinski definition) is 0. The van der Waals surface area contributed by atoms with Gasteiger partial charge in [0.1, 0.15) is 11.2 Å². The molecule has 146 valence electrons. The molecular formula is C22H34O4. The monoisotopic (exact) mass is 362 g/mol. The maximum atomic E-state index is 12.9. The van der Waals surface area contributed by atoms with Crippen molar-refractivity contribution in [3.8, 4) is 0 Å². The van der Waals surface area contributed by atoms with Crippen LogP contribution in [0.25, 0.3) is 0 Å². The quantitative estimate of drug-likeness (QED) is 0.527. The van der Waals surface area contributed by atoms with Crippen LogP contribution in [0, 0.1) is 0 Å². The van der Waals surface area contributed by atoms with E-state index in [-0.39, 0.29) is 5.56 Å². The van der Waals surface area contributed by atoms with E-state index in [4.69, 9.17) is 9.47 Å². The molecular weight excluding hydrogens is 328 g/mol. The van der Waals surface area contributed by atoms with Gasteiger partial charge in [-0.3, -0.25) is 0 Å². The van der Waals surface area contributed by atoms with E-state index in [0.29, 0.717) is 12.0 Å². The molecule has 26 heavy (non-hydrogen) atoms. The molecule has 0 heterocycles. The summed E-state index contributed by atoms with van der Waals surface area (Å²) in [5, 5.41) is 0. The van der Waals surface area contributed by atoms with E-state index in [1.807, 2.05) is 54.5 Å². The second-order valence-electron chi connectivity index (χ2n) is 7.99. The minimum Gasteiger partial charge on any atom is -0.456 e. The SMILES string of the molecule is CCCC(C)(C)OC(=O)c1cccc(CC)c1C(=O)OC(C)(C)CCC. The molecule has 0 atom stereocenters. The van der Waals surface area contributed by atoms with E-state index >= 15 is 0 Å². The average molecular weight is 363 g/mol. The Morgan fingerprint density at radius 1 is 0.846 bits per heavy atom. The minimum absolute atomic E-state index is 0.283. The lowest BCUT2D eigenvalue weighted by molar-refractivity contribution is -0.00964. The highest BCUT2D eigenvalue weighted by Gasteiger charge is 2.30. The van der Waals surface area contributed by atoms with Crippen LogP contribution in [0.4, 0.5) is 0 Å². The third-order valence-electron chi connectivity index (χ3n) is 4.40. The zero-order chi connectivity index (χ0) is 20.0. The molecule has 0 aliphatic rings. The molecule has 1 aromatic carbocycles. The van der Waals surface area contributed by atoms with Gasteiger partial charge < -0.3 is 9.47 Å². The van der Waals surface area contributed by atoms with Crippen LogP contribution in [0.5, 0.6) is 0 Å². The minimum atomic E-state index is -0.574. The molecule has 0 unspecified atom stereocenters. The Hall–Kier alpha value is -1.84. The van der Waals surface area contributed by atoms with Crippen molar-refractivity contribution in [1.82, 2.24) is 0 Å². The molecule has 1 aromatic rings. The Balaban J connectivity index is 3.22. The highest BCUT2D eigenvalue weighted by molar-refractivity contribution is 6.04. The fourth-order valence-electron chi connectivity index (χ4n) is 3.22. The van der Waals surface area contributed by atoms with Crippen LogP contribution in [-0.2, 0) is 15.9 Å². The number of esters is 2. The summed E-state index contributed by atoms with van der Waals surface area (Å²) in [6, 6.07) is 5.29. The number of carbonyl (C=O) groups is 2. The van der Waals surface area contributed by atoms with Crippen molar-refractivity contribution in [1.29, 1.82) is 0 Å². The first kappa shape index (κ1) is 22.2. The molecule has 0 radical (unpaired) electrons. The molecule has 0 amide bonds. The zero-order valence-corrected chi connectivity index (χ0v) is 17.4. The average Bonchev–Trinajstić information content (AvgIpc) is 2.52. The lowest BCUT2D eigenvalue weighted by atomic mass is 9.97. The summed E-state index contributed by atoms with van der Waals surface area (Å²) in [5.41, 5.74) is 0.263. The molecule has 0 saturated carbocycles. The van der Waals surface area contributed by atoms with Gasteiger partial charge >= 0.3 is 11.9 Å². The van der Waals surface area contributed by atoms with Crippen molar-refractivity contribution in [3.63, 3.8) is 0 Å². The van der Waals surface area contributed by atoms with Crippen LogP contribution in [-0.4, -0.2) is 23.1 Å². The number of rotatable bonds is 9. The van der Waals surface area contributed by atoms with Crippen molar-refractivity contribution >= 4 is 11.9 Å². The topological polar surface area (TPSA) is 52.6 Å². The fraction of sp³-hybridized carbons (Fsp3) is 0.636. The van der Waals surface area contributed by atoms with E-state index in [2.05, 4.69) is 0 Å². The molecule has 0 aromatic heterocycles. The van der Waals surface area contributed by atoms with Crippen LogP contribution < -0.4 is 0 Å². The fourth-order valence-corrected chi connectivity index (χ4v) is 3.22. The van der Waals surface area contributed by atoms with Gasteiger partial charge in [-0.25, -0.2) is 9.59 Å². The molecule has 0 N–H and O–H groups in total. The third-order valence-corrected chi connectivity index (χ3v) is 4.40. The van der Waals surface area contributed by atoms with Gasteiger partial charge in [-0.2, -0.15) is 0 Å². The predicted octanol–water partition coefficient (Wildman–Crippen LogP) is 5.72. The van der Waals surface area contributed by atoms with Crippen molar-refractivity contribution in [2.45, 2.75) is 91.8 Å². The molecule has 0 aliphatic carbocycles. The lowest BCUT2D eigenvalue weighted by Crippen LogP contribution is -2.31. The van der Waals surface area contributed by atoms with Crippen LogP contribution >= 0.6 is 0 Å². The summed E-state index contributed by atoms with van der Waals surface area (Å²) < 4.78 is 11.4.